The molecule has 1 unspecified atom stereocenters. The van der Waals surface area contributed by atoms with Gasteiger partial charge in [-0.1, -0.05) is 6.07 Å². The van der Waals surface area contributed by atoms with E-state index in [0.717, 1.165) is 10.1 Å². The molecule has 1 atom stereocenters. The van der Waals surface area contributed by atoms with E-state index in [-0.39, 0.29) is 42.4 Å². The SMILES string of the molecule is CCNC(=NCc1nccn1C(F)F)NC(C)c1ccc(OCC)c(OCC)c1.I. The van der Waals surface area contributed by atoms with Crippen molar-refractivity contribution in [3.05, 3.63) is 42.0 Å². The van der Waals surface area contributed by atoms with Crippen LogP contribution in [0.1, 0.15) is 51.7 Å². The fourth-order valence-electron chi connectivity index (χ4n) is 2.74. The summed E-state index contributed by atoms with van der Waals surface area (Å²) < 4.78 is 38.0. The third-order valence-electron chi connectivity index (χ3n) is 4.10. The summed E-state index contributed by atoms with van der Waals surface area (Å²) in [7, 11) is 0. The topological polar surface area (TPSA) is 72.7 Å². The first kappa shape index (κ1) is 25.9. The molecule has 0 fully saturated rings. The zero-order valence-corrected chi connectivity index (χ0v) is 20.0. The van der Waals surface area contributed by atoms with Crippen LogP contribution < -0.4 is 20.1 Å². The van der Waals surface area contributed by atoms with Crippen LogP contribution in [0.15, 0.2) is 35.6 Å². The number of hydrogen-bond donors (Lipinski definition) is 2. The van der Waals surface area contributed by atoms with Gasteiger partial charge in [-0.2, -0.15) is 8.78 Å². The molecule has 1 aromatic carbocycles. The van der Waals surface area contributed by atoms with Crippen LogP contribution >= 0.6 is 24.0 Å². The molecule has 10 heteroatoms. The van der Waals surface area contributed by atoms with Crippen molar-refractivity contribution >= 4 is 29.9 Å². The molecule has 0 aliphatic carbocycles. The standard InChI is InChI=1S/C20H29F2N5O2.HI/c1-5-23-20(25-13-18-24-10-11-27(18)19(21)22)26-14(4)15-8-9-16(28-6-2)17(12-15)29-7-3;/h8-12,14,19H,5-7,13H2,1-4H3,(H2,23,25,26);1H. The first-order valence-electron chi connectivity index (χ1n) is 9.74. The summed E-state index contributed by atoms with van der Waals surface area (Å²) in [5, 5.41) is 6.41. The highest BCUT2D eigenvalue weighted by molar-refractivity contribution is 14.0. The molecule has 30 heavy (non-hydrogen) atoms. The van der Waals surface area contributed by atoms with Crippen LogP contribution in [0.2, 0.25) is 0 Å². The van der Waals surface area contributed by atoms with E-state index in [1.807, 2.05) is 45.9 Å². The lowest BCUT2D eigenvalue weighted by Crippen LogP contribution is -2.38. The van der Waals surface area contributed by atoms with Crippen LogP contribution in [0.25, 0.3) is 0 Å². The molecule has 2 aromatic rings. The molecular formula is C20H30F2IN5O2. The Morgan fingerprint density at radius 1 is 1.17 bits per heavy atom. The second-order valence-corrected chi connectivity index (χ2v) is 6.16. The molecule has 1 heterocycles. The second kappa shape index (κ2) is 13.2. The largest absolute Gasteiger partial charge is 0.490 e. The van der Waals surface area contributed by atoms with Gasteiger partial charge in [0.05, 0.1) is 19.3 Å². The third kappa shape index (κ3) is 7.29. The predicted octanol–water partition coefficient (Wildman–Crippen LogP) is 4.51. The third-order valence-corrected chi connectivity index (χ3v) is 4.10. The van der Waals surface area contributed by atoms with Gasteiger partial charge in [0.25, 0.3) is 0 Å². The van der Waals surface area contributed by atoms with Gasteiger partial charge < -0.3 is 20.1 Å². The molecule has 0 bridgehead atoms. The lowest BCUT2D eigenvalue weighted by atomic mass is 10.1. The van der Waals surface area contributed by atoms with Crippen molar-refractivity contribution in [1.29, 1.82) is 0 Å². The van der Waals surface area contributed by atoms with Crippen LogP contribution in [0.5, 0.6) is 11.5 Å². The Morgan fingerprint density at radius 2 is 1.87 bits per heavy atom. The van der Waals surface area contributed by atoms with Crippen LogP contribution in [-0.4, -0.2) is 35.3 Å². The maximum absolute atomic E-state index is 13.0. The Kier molecular flexibility index (Phi) is 11.4. The highest BCUT2D eigenvalue weighted by atomic mass is 127. The summed E-state index contributed by atoms with van der Waals surface area (Å²) >= 11 is 0. The molecule has 0 radical (unpaired) electrons. The fraction of sp³-hybridized carbons (Fsp3) is 0.500. The molecule has 0 aliphatic heterocycles. The van der Waals surface area contributed by atoms with Crippen LogP contribution in [-0.2, 0) is 6.54 Å². The van der Waals surface area contributed by atoms with Gasteiger partial charge in [0.15, 0.2) is 17.5 Å². The van der Waals surface area contributed by atoms with Gasteiger partial charge in [0.1, 0.15) is 12.4 Å². The summed E-state index contributed by atoms with van der Waals surface area (Å²) in [6.07, 6.45) is 2.59. The van der Waals surface area contributed by atoms with E-state index in [9.17, 15) is 8.78 Å². The molecule has 2 N–H and O–H groups in total. The summed E-state index contributed by atoms with van der Waals surface area (Å²) in [4.78, 5) is 8.35. The number of alkyl halides is 2. The van der Waals surface area contributed by atoms with Crippen molar-refractivity contribution < 1.29 is 18.3 Å². The molecule has 2 rings (SSSR count). The smallest absolute Gasteiger partial charge is 0.319 e. The quantitative estimate of drug-likeness (QED) is 0.265. The van der Waals surface area contributed by atoms with Gasteiger partial charge in [0, 0.05) is 18.9 Å². The maximum Gasteiger partial charge on any atom is 0.319 e. The average Bonchev–Trinajstić information content (AvgIpc) is 3.17. The van der Waals surface area contributed by atoms with Gasteiger partial charge in [-0.3, -0.25) is 4.57 Å². The first-order chi connectivity index (χ1) is 14.0. The van der Waals surface area contributed by atoms with Crippen molar-refractivity contribution in [2.45, 2.75) is 46.8 Å². The van der Waals surface area contributed by atoms with Gasteiger partial charge in [-0.15, -0.1) is 24.0 Å². The van der Waals surface area contributed by atoms with Gasteiger partial charge in [-0.25, -0.2) is 9.98 Å². The molecule has 0 saturated heterocycles. The molecular weight excluding hydrogens is 507 g/mol. The van der Waals surface area contributed by atoms with E-state index in [1.54, 1.807) is 0 Å². The first-order valence-corrected chi connectivity index (χ1v) is 9.74. The Morgan fingerprint density at radius 3 is 2.50 bits per heavy atom. The van der Waals surface area contributed by atoms with Gasteiger partial charge in [0.2, 0.25) is 0 Å². The summed E-state index contributed by atoms with van der Waals surface area (Å²) in [5.74, 6) is 2.09. The van der Waals surface area contributed by atoms with Gasteiger partial charge in [-0.05, 0) is 45.4 Å². The lowest BCUT2D eigenvalue weighted by molar-refractivity contribution is 0.0671. The molecule has 1 aromatic heterocycles. The van der Waals surface area contributed by atoms with Crippen molar-refractivity contribution in [3.63, 3.8) is 0 Å². The maximum atomic E-state index is 13.0. The van der Waals surface area contributed by atoms with E-state index in [1.165, 1.54) is 12.4 Å². The zero-order chi connectivity index (χ0) is 21.2. The zero-order valence-electron chi connectivity index (χ0n) is 17.7. The number of halogens is 3. The number of imidazole rings is 1. The van der Waals surface area contributed by atoms with E-state index < -0.39 is 6.55 Å². The Bertz CT molecular complexity index is 801. The number of aromatic nitrogens is 2. The normalized spacial score (nSPS) is 12.3. The van der Waals surface area contributed by atoms with Crippen LogP contribution in [0, 0.1) is 0 Å². The number of hydrogen-bond acceptors (Lipinski definition) is 4. The molecule has 7 nitrogen and oxygen atoms in total. The number of nitrogens with zero attached hydrogens (tertiary/aromatic N) is 3. The van der Waals surface area contributed by atoms with Gasteiger partial charge >= 0.3 is 6.55 Å². The van der Waals surface area contributed by atoms with Crippen LogP contribution in [0.3, 0.4) is 0 Å². The highest BCUT2D eigenvalue weighted by Crippen LogP contribution is 2.30. The number of nitrogens with one attached hydrogen (secondary N) is 2. The second-order valence-electron chi connectivity index (χ2n) is 6.16. The van der Waals surface area contributed by atoms with E-state index in [0.29, 0.717) is 37.2 Å². The van der Waals surface area contributed by atoms with Crippen LogP contribution in [0.4, 0.5) is 8.78 Å². The molecule has 0 spiro atoms. The number of benzene rings is 1. The number of aliphatic imine (C=N–C) groups is 1. The van der Waals surface area contributed by atoms with E-state index in [2.05, 4.69) is 20.6 Å². The summed E-state index contributed by atoms with van der Waals surface area (Å²) in [6, 6.07) is 5.67. The lowest BCUT2D eigenvalue weighted by Gasteiger charge is -2.20. The Hall–Kier alpha value is -2.11. The Labute approximate surface area is 193 Å². The molecule has 0 amide bonds. The minimum absolute atomic E-state index is 0. The average molecular weight is 537 g/mol. The summed E-state index contributed by atoms with van der Waals surface area (Å²) in [6.45, 7) is 6.88. The highest BCUT2D eigenvalue weighted by Gasteiger charge is 2.14. The van der Waals surface area contributed by atoms with Crippen molar-refractivity contribution in [2.75, 3.05) is 19.8 Å². The fourth-order valence-corrected chi connectivity index (χ4v) is 2.74. The minimum Gasteiger partial charge on any atom is -0.490 e. The van der Waals surface area contributed by atoms with Crippen molar-refractivity contribution in [2.24, 2.45) is 4.99 Å². The monoisotopic (exact) mass is 537 g/mol. The Balaban J connectivity index is 0.00000450. The van der Waals surface area contributed by atoms with Crippen molar-refractivity contribution in [1.82, 2.24) is 20.2 Å². The summed E-state index contributed by atoms with van der Waals surface area (Å²) in [5.41, 5.74) is 0.983. The van der Waals surface area contributed by atoms with E-state index in [4.69, 9.17) is 9.47 Å². The number of rotatable bonds is 10. The predicted molar refractivity (Wildman–Crippen MR) is 124 cm³/mol. The molecule has 0 aliphatic rings. The molecule has 0 saturated carbocycles. The number of guanidine groups is 1. The number of ether oxygens (including phenoxy) is 2. The molecule has 168 valence electrons. The van der Waals surface area contributed by atoms with E-state index >= 15 is 0 Å². The van der Waals surface area contributed by atoms with Crippen molar-refractivity contribution in [3.8, 4) is 11.5 Å². The minimum atomic E-state index is -2.64.